The van der Waals surface area contributed by atoms with Gasteiger partial charge in [-0.05, 0) is 0 Å². The number of carboxylic acids is 1. The quantitative estimate of drug-likeness (QED) is 0.666. The Morgan fingerprint density at radius 2 is 1.95 bits per heavy atom. The van der Waals surface area contributed by atoms with Crippen LogP contribution in [0.25, 0.3) is 0 Å². The minimum atomic E-state index is -3.45. The van der Waals surface area contributed by atoms with Crippen LogP contribution in [0.2, 0.25) is 0 Å². The van der Waals surface area contributed by atoms with Gasteiger partial charge in [-0.15, -0.1) is 0 Å². The number of urea groups is 1. The molecule has 1 unspecified atom stereocenters. The van der Waals surface area contributed by atoms with Crippen LogP contribution in [0.3, 0.4) is 0 Å². The molecule has 0 aliphatic carbocycles. The van der Waals surface area contributed by atoms with Crippen molar-refractivity contribution >= 4 is 33.6 Å². The van der Waals surface area contributed by atoms with Crippen molar-refractivity contribution in [3.8, 4) is 0 Å². The molecule has 2 saturated heterocycles. The molecule has 2 aliphatic heterocycles. The van der Waals surface area contributed by atoms with Crippen molar-refractivity contribution in [2.24, 2.45) is 0 Å². The molecule has 2 aliphatic rings. The van der Waals surface area contributed by atoms with Crippen LogP contribution < -0.4 is 0 Å². The van der Waals surface area contributed by atoms with Gasteiger partial charge in [-0.1, -0.05) is 0 Å². The molecule has 3 atom stereocenters. The maximum absolute atomic E-state index is 12.5. The topological polar surface area (TPSA) is 115 Å². The van der Waals surface area contributed by atoms with Crippen LogP contribution >= 0.6 is 11.8 Å². The molecular formula is C11H18N2O6S2. The smallest absolute Gasteiger partial charge is 0.326 e. The van der Waals surface area contributed by atoms with E-state index in [0.717, 1.165) is 11.2 Å². The summed E-state index contributed by atoms with van der Waals surface area (Å²) in [5, 5.41) is 17.8. The molecule has 2 heterocycles. The average Bonchev–Trinajstić information content (AvgIpc) is 2.79. The summed E-state index contributed by atoms with van der Waals surface area (Å²) < 4.78 is 23.6. The van der Waals surface area contributed by atoms with Crippen LogP contribution in [-0.4, -0.2) is 88.8 Å². The number of β-amino-alcohol motifs (C(OH)–C–C–N with tert-alkyl or cyclic N) is 1. The number of hydrogen-bond acceptors (Lipinski definition) is 6. The number of carbonyl (C=O) groups is 2. The summed E-state index contributed by atoms with van der Waals surface area (Å²) in [6.07, 6.45) is 0.135. The highest BCUT2D eigenvalue weighted by Gasteiger charge is 2.44. The minimum absolute atomic E-state index is 0.0345. The maximum atomic E-state index is 12.5. The summed E-state index contributed by atoms with van der Waals surface area (Å²) in [4.78, 5) is 26.0. The Morgan fingerprint density at radius 3 is 2.52 bits per heavy atom. The number of nitrogens with zero attached hydrogens (tertiary/aromatic N) is 2. The monoisotopic (exact) mass is 338 g/mol. The molecule has 2 fully saturated rings. The van der Waals surface area contributed by atoms with E-state index >= 15 is 0 Å². The Bertz CT molecular complexity index is 537. The number of likely N-dealkylation sites (tertiary alicyclic amines) is 1. The van der Waals surface area contributed by atoms with Crippen LogP contribution in [0.4, 0.5) is 4.79 Å². The standard InChI is InChI=1S/C11H18N2O6S2/c1-21(18,19)9-6-20-3-2-12(9)11(17)13-5-7(14)4-8(13)10(15)16/h7-9,14H,2-6H2,1H3,(H,15,16)/t7-,8-,9?/m1/s1. The first-order valence-corrected chi connectivity index (χ1v) is 9.57. The van der Waals surface area contributed by atoms with Crippen molar-refractivity contribution in [1.29, 1.82) is 0 Å². The second-order valence-electron chi connectivity index (χ2n) is 5.23. The van der Waals surface area contributed by atoms with Gasteiger partial charge in [-0.3, -0.25) is 0 Å². The number of hydrogen-bond donors (Lipinski definition) is 2. The molecule has 0 aromatic heterocycles. The van der Waals surface area contributed by atoms with E-state index in [4.69, 9.17) is 5.11 Å². The summed E-state index contributed by atoms with van der Waals surface area (Å²) in [6, 6.07) is -1.74. The number of aliphatic carboxylic acids is 1. The van der Waals surface area contributed by atoms with Crippen molar-refractivity contribution in [2.45, 2.75) is 23.9 Å². The van der Waals surface area contributed by atoms with Gasteiger partial charge in [0.05, 0.1) is 6.10 Å². The first kappa shape index (κ1) is 16.4. The van der Waals surface area contributed by atoms with E-state index < -0.39 is 39.4 Å². The second-order valence-corrected chi connectivity index (χ2v) is 8.58. The first-order chi connectivity index (χ1) is 9.71. The van der Waals surface area contributed by atoms with Crippen molar-refractivity contribution in [1.82, 2.24) is 9.80 Å². The number of rotatable bonds is 2. The predicted octanol–water partition coefficient (Wildman–Crippen LogP) is -0.954. The molecule has 0 aromatic carbocycles. The maximum Gasteiger partial charge on any atom is 0.326 e. The Balaban J connectivity index is 2.22. The van der Waals surface area contributed by atoms with Crippen molar-refractivity contribution in [2.75, 3.05) is 30.9 Å². The number of carboxylic acid groups (broad SMARTS) is 1. The fraction of sp³-hybridized carbons (Fsp3) is 0.818. The molecule has 8 nitrogen and oxygen atoms in total. The first-order valence-electron chi connectivity index (χ1n) is 6.46. The third kappa shape index (κ3) is 3.43. The second kappa shape index (κ2) is 6.01. The lowest BCUT2D eigenvalue weighted by Crippen LogP contribution is -2.56. The van der Waals surface area contributed by atoms with E-state index in [-0.39, 0.29) is 25.3 Å². The molecule has 0 aromatic rings. The zero-order valence-corrected chi connectivity index (χ0v) is 13.1. The summed E-state index contributed by atoms with van der Waals surface area (Å²) in [5.41, 5.74) is 0. The van der Waals surface area contributed by atoms with Crippen molar-refractivity contribution in [3.63, 3.8) is 0 Å². The third-order valence-electron chi connectivity index (χ3n) is 3.63. The van der Waals surface area contributed by atoms with E-state index in [1.54, 1.807) is 0 Å². The normalized spacial score (nSPS) is 30.5. The van der Waals surface area contributed by atoms with E-state index in [0.29, 0.717) is 5.75 Å². The zero-order valence-electron chi connectivity index (χ0n) is 11.5. The van der Waals surface area contributed by atoms with Gasteiger partial charge >= 0.3 is 12.0 Å². The van der Waals surface area contributed by atoms with E-state index in [1.165, 1.54) is 16.7 Å². The lowest BCUT2D eigenvalue weighted by Gasteiger charge is -2.37. The highest BCUT2D eigenvalue weighted by atomic mass is 32.2. The molecule has 2 N–H and O–H groups in total. The van der Waals surface area contributed by atoms with Gasteiger partial charge in [-0.25, -0.2) is 18.0 Å². The van der Waals surface area contributed by atoms with Gasteiger partial charge in [0.2, 0.25) is 0 Å². The number of thioether (sulfide) groups is 1. The van der Waals surface area contributed by atoms with Crippen LogP contribution in [0.1, 0.15) is 6.42 Å². The molecule has 0 bridgehead atoms. The van der Waals surface area contributed by atoms with Crippen LogP contribution in [0.5, 0.6) is 0 Å². The van der Waals surface area contributed by atoms with Crippen molar-refractivity contribution < 1.29 is 28.2 Å². The lowest BCUT2D eigenvalue weighted by molar-refractivity contribution is -0.141. The van der Waals surface area contributed by atoms with E-state index in [9.17, 15) is 23.1 Å². The molecule has 120 valence electrons. The molecule has 0 spiro atoms. The Morgan fingerprint density at radius 1 is 1.29 bits per heavy atom. The Labute approximate surface area is 127 Å². The molecule has 2 amide bonds. The molecule has 21 heavy (non-hydrogen) atoms. The average molecular weight is 338 g/mol. The van der Waals surface area contributed by atoms with Crippen LogP contribution in [-0.2, 0) is 14.6 Å². The fourth-order valence-electron chi connectivity index (χ4n) is 2.58. The Hall–Kier alpha value is -1.00. The minimum Gasteiger partial charge on any atom is -0.480 e. The van der Waals surface area contributed by atoms with Gasteiger partial charge in [-0.2, -0.15) is 11.8 Å². The summed E-state index contributed by atoms with van der Waals surface area (Å²) in [5.74, 6) is -0.313. The van der Waals surface area contributed by atoms with Crippen LogP contribution in [0.15, 0.2) is 0 Å². The Kier molecular flexibility index (Phi) is 4.69. The summed E-state index contributed by atoms with van der Waals surface area (Å²) in [7, 11) is -3.45. The molecule has 0 saturated carbocycles. The van der Waals surface area contributed by atoms with Gasteiger partial charge in [0.1, 0.15) is 11.4 Å². The van der Waals surface area contributed by atoms with Crippen molar-refractivity contribution in [3.05, 3.63) is 0 Å². The predicted molar refractivity (Wildman–Crippen MR) is 76.8 cm³/mol. The number of amides is 2. The van der Waals surface area contributed by atoms with Crippen LogP contribution in [0, 0.1) is 0 Å². The fourth-order valence-corrected chi connectivity index (χ4v) is 5.39. The van der Waals surface area contributed by atoms with Gasteiger partial charge < -0.3 is 20.0 Å². The number of carbonyl (C=O) groups excluding carboxylic acids is 1. The van der Waals surface area contributed by atoms with Gasteiger partial charge in [0.15, 0.2) is 9.84 Å². The molecule has 2 rings (SSSR count). The SMILES string of the molecule is CS(=O)(=O)C1CSCCN1C(=O)N1C[C@H](O)C[C@@H]1C(=O)O. The third-order valence-corrected chi connectivity index (χ3v) is 6.28. The highest BCUT2D eigenvalue weighted by Crippen LogP contribution is 2.25. The summed E-state index contributed by atoms with van der Waals surface area (Å²) >= 11 is 1.44. The lowest BCUT2D eigenvalue weighted by atomic mass is 10.2. The number of aliphatic hydroxyl groups excluding tert-OH is 1. The highest BCUT2D eigenvalue weighted by molar-refractivity contribution is 8.00. The summed E-state index contributed by atoms with van der Waals surface area (Å²) in [6.45, 7) is 0.163. The molecule has 0 radical (unpaired) electrons. The number of aliphatic hydroxyl groups is 1. The van der Waals surface area contributed by atoms with Gasteiger partial charge in [0, 0.05) is 37.3 Å². The zero-order chi connectivity index (χ0) is 15.8. The molecule has 10 heteroatoms. The van der Waals surface area contributed by atoms with E-state index in [1.807, 2.05) is 0 Å². The van der Waals surface area contributed by atoms with E-state index in [2.05, 4.69) is 0 Å². The largest absolute Gasteiger partial charge is 0.480 e. The number of sulfone groups is 1. The van der Waals surface area contributed by atoms with Gasteiger partial charge in [0.25, 0.3) is 0 Å². The molecular weight excluding hydrogens is 320 g/mol.